The molecule has 1 fully saturated rings. The molecule has 2 aliphatic rings. The van der Waals surface area contributed by atoms with E-state index >= 15 is 0 Å². The van der Waals surface area contributed by atoms with Crippen molar-refractivity contribution in [3.63, 3.8) is 0 Å². The molecule has 2 amide bonds. The van der Waals surface area contributed by atoms with Gasteiger partial charge in [0.05, 0.1) is 7.98 Å². The van der Waals surface area contributed by atoms with Crippen LogP contribution in [0.3, 0.4) is 0 Å². The van der Waals surface area contributed by atoms with Crippen LogP contribution >= 0.6 is 0 Å². The van der Waals surface area contributed by atoms with Gasteiger partial charge in [-0.15, -0.1) is 0 Å². The van der Waals surface area contributed by atoms with Gasteiger partial charge in [-0.3, -0.25) is 15.4 Å². The minimum Gasteiger partial charge on any atom is -0.394 e. The van der Waals surface area contributed by atoms with Crippen LogP contribution in [0, 0.1) is 0 Å². The molecule has 1 aromatic rings. The smallest absolute Gasteiger partial charge is 0.325 e. The average Bonchev–Trinajstić information content (AvgIpc) is 2.91. The van der Waals surface area contributed by atoms with Gasteiger partial charge in [-0.2, -0.15) is 0 Å². The molecule has 0 spiro atoms. The molecule has 1 unspecified atom stereocenters. The Morgan fingerprint density at radius 3 is 2.77 bits per heavy atom. The second-order valence-electron chi connectivity index (χ2n) is 6.00. The summed E-state index contributed by atoms with van der Waals surface area (Å²) in [5.74, 6) is -0.506. The maximum atomic E-state index is 12.6. The molecule has 1 saturated heterocycles. The number of amides is 2. The number of nitrogens with zero attached hydrogens (tertiary/aromatic N) is 1. The van der Waals surface area contributed by atoms with Crippen molar-refractivity contribution < 1.29 is 30.6 Å². The van der Waals surface area contributed by atoms with Crippen molar-refractivity contribution in [2.45, 2.75) is 30.2 Å². The Bertz CT molecular complexity index is 758. The van der Waals surface area contributed by atoms with Crippen LogP contribution in [0.25, 0.3) is 0 Å². The van der Waals surface area contributed by atoms with Gasteiger partial charge in [0.25, 0.3) is 0 Å². The number of hydrogen-bond donors (Lipinski definition) is 4. The summed E-state index contributed by atoms with van der Waals surface area (Å²) in [6.07, 6.45) is -3.45. The third kappa shape index (κ3) is 3.11. The lowest BCUT2D eigenvalue weighted by Gasteiger charge is -2.37. The summed E-state index contributed by atoms with van der Waals surface area (Å²) in [4.78, 5) is 26.3. The van der Waals surface area contributed by atoms with E-state index in [4.69, 9.17) is 16.6 Å². The summed E-state index contributed by atoms with van der Waals surface area (Å²) < 4.78 is 18.5. The Kier molecular flexibility index (Phi) is 4.70. The van der Waals surface area contributed by atoms with E-state index < -0.39 is 48.6 Å². The maximum Gasteiger partial charge on any atom is 0.325 e. The van der Waals surface area contributed by atoms with Gasteiger partial charge < -0.3 is 25.0 Å². The summed E-state index contributed by atoms with van der Waals surface area (Å²) in [5, 5.41) is 22.0. The first kappa shape index (κ1) is 17.1. The van der Waals surface area contributed by atoms with Crippen molar-refractivity contribution in [2.24, 2.45) is 5.73 Å². The fraction of sp³-hybridized carbons (Fsp3) is 0.412. The topological polar surface area (TPSA) is 134 Å². The number of nitrogens with one attached hydrogen (secondary N) is 1. The van der Waals surface area contributed by atoms with Crippen LogP contribution < -0.4 is 11.1 Å². The van der Waals surface area contributed by atoms with Gasteiger partial charge in [0, 0.05) is 18.9 Å². The van der Waals surface area contributed by atoms with Crippen LogP contribution in [-0.2, 0) is 9.47 Å². The van der Waals surface area contributed by atoms with Crippen LogP contribution in [-0.4, -0.2) is 70.8 Å². The van der Waals surface area contributed by atoms with Gasteiger partial charge in [0.15, 0.2) is 11.9 Å². The van der Waals surface area contributed by atoms with E-state index in [-0.39, 0.29) is 0 Å². The third-order valence-electron chi connectivity index (χ3n) is 4.34. The zero-order chi connectivity index (χ0) is 19.8. The van der Waals surface area contributed by atoms with Crippen molar-refractivity contribution in [1.82, 2.24) is 10.2 Å². The van der Waals surface area contributed by atoms with Gasteiger partial charge in [-0.1, -0.05) is 30.3 Å². The molecule has 3 rings (SSSR count). The van der Waals surface area contributed by atoms with E-state index in [2.05, 4.69) is 5.32 Å². The molecule has 2 heterocycles. The van der Waals surface area contributed by atoms with Gasteiger partial charge in [-0.25, -0.2) is 4.79 Å². The van der Waals surface area contributed by atoms with Gasteiger partial charge in [0.2, 0.25) is 5.78 Å². The quantitative estimate of drug-likeness (QED) is 0.500. The first-order valence-corrected chi connectivity index (χ1v) is 7.94. The fourth-order valence-corrected chi connectivity index (χ4v) is 2.93. The molecule has 0 saturated carbocycles. The maximum absolute atomic E-state index is 12.6. The Balaban J connectivity index is 1.86. The van der Waals surface area contributed by atoms with E-state index in [0.717, 1.165) is 4.90 Å². The van der Waals surface area contributed by atoms with E-state index in [1.807, 2.05) is 0 Å². The summed E-state index contributed by atoms with van der Waals surface area (Å²) in [6.45, 7) is -0.636. The zero-order valence-electron chi connectivity index (χ0n) is 15.0. The van der Waals surface area contributed by atoms with Crippen molar-refractivity contribution in [1.29, 1.82) is 0 Å². The highest BCUT2D eigenvalue weighted by molar-refractivity contribution is 6.06. The molecule has 9 heteroatoms. The van der Waals surface area contributed by atoms with Crippen molar-refractivity contribution in [2.75, 3.05) is 13.7 Å². The number of hydrogen-bond acceptors (Lipinski definition) is 7. The van der Waals surface area contributed by atoms with Crippen LogP contribution in [0.2, 0.25) is 0 Å². The normalized spacial score (nSPS) is 37.4. The molecule has 26 heavy (non-hydrogen) atoms. The first-order chi connectivity index (χ1) is 12.7. The molecule has 5 atom stereocenters. The Labute approximate surface area is 151 Å². The largest absolute Gasteiger partial charge is 0.394 e. The summed E-state index contributed by atoms with van der Waals surface area (Å²) in [7, 11) is 1.25. The lowest BCUT2D eigenvalue weighted by molar-refractivity contribution is -0.0741. The molecule has 0 radical (unpaired) electrons. The minimum absolute atomic E-state index is 0.325. The number of ether oxygens (including phenoxy) is 2. The summed E-state index contributed by atoms with van der Waals surface area (Å²) in [5.41, 5.74) is 4.63. The Hall–Kier alpha value is -2.30. The predicted octanol–water partition coefficient (Wildman–Crippen LogP) is -0.844. The molecule has 0 aromatic heterocycles. The van der Waals surface area contributed by atoms with E-state index in [1.165, 1.54) is 19.4 Å². The number of ketones is 1. The Morgan fingerprint density at radius 2 is 2.19 bits per heavy atom. The number of methoxy groups -OCH3 is 1. The number of Topliss-reactive ketones (excluding diaryl/α,β-unsaturated/α-hetero) is 1. The molecular formula is C17H21N3O6. The van der Waals surface area contributed by atoms with Crippen LogP contribution in [0.1, 0.15) is 11.7 Å². The highest BCUT2D eigenvalue weighted by Crippen LogP contribution is 2.28. The lowest BCUT2D eigenvalue weighted by atomic mass is 9.97. The zero-order valence-corrected chi connectivity index (χ0v) is 14.0. The molecular weight excluding hydrogens is 342 g/mol. The highest BCUT2D eigenvalue weighted by atomic mass is 16.6. The molecule has 2 aliphatic heterocycles. The molecule has 0 bridgehead atoms. The minimum atomic E-state index is -2.26. The van der Waals surface area contributed by atoms with Crippen LogP contribution in [0.15, 0.2) is 42.6 Å². The fourth-order valence-electron chi connectivity index (χ4n) is 2.93. The van der Waals surface area contributed by atoms with Crippen LogP contribution in [0.5, 0.6) is 0 Å². The summed E-state index contributed by atoms with van der Waals surface area (Å²) in [6, 6.07) is 7.49. The number of aliphatic hydroxyl groups excluding tert-OH is 1. The van der Waals surface area contributed by atoms with Crippen molar-refractivity contribution in [3.05, 3.63) is 48.2 Å². The van der Waals surface area contributed by atoms with Gasteiger partial charge >= 0.3 is 6.03 Å². The number of nitrogens with two attached hydrogens (primary N) is 1. The molecule has 1 aromatic carbocycles. The monoisotopic (exact) mass is 364 g/mol. The molecule has 0 aliphatic carbocycles. The van der Waals surface area contributed by atoms with E-state index in [9.17, 15) is 19.8 Å². The number of carbonyl (C=O) groups excluding carboxylic acids is 2. The second kappa shape index (κ2) is 7.14. The lowest BCUT2D eigenvalue weighted by Crippen LogP contribution is -2.66. The SMILES string of the molecule is [2H][C@@]1(O)[C@@H](CO)O[C@@H](N2C=CC(N)(C(=O)c3ccccc3)NC2=O)[C@@H]1OC. The van der Waals surface area contributed by atoms with E-state index in [0.29, 0.717) is 5.56 Å². The standard InChI is InChI=1S/C17H21N3O6/c1-25-13-12(22)11(9-21)26-15(13)20-8-7-17(18,19-16(20)24)14(23)10-5-3-2-4-6-10/h2-8,11-13,15,21-22H,9,18H2,1H3,(H,19,24)/t11-,12-,13-,15-,17?/m1/s1/i12D. The van der Waals surface area contributed by atoms with Crippen molar-refractivity contribution in [3.8, 4) is 0 Å². The number of carbonyl (C=O) groups is 2. The first-order valence-electron chi connectivity index (χ1n) is 8.44. The third-order valence-corrected chi connectivity index (χ3v) is 4.34. The van der Waals surface area contributed by atoms with E-state index in [1.54, 1.807) is 30.3 Å². The average molecular weight is 364 g/mol. The number of urea groups is 1. The highest BCUT2D eigenvalue weighted by Gasteiger charge is 2.49. The molecule has 5 N–H and O–H groups in total. The number of aliphatic hydroxyl groups is 2. The van der Waals surface area contributed by atoms with Gasteiger partial charge in [0.1, 0.15) is 18.3 Å². The summed E-state index contributed by atoms with van der Waals surface area (Å²) >= 11 is 0. The predicted molar refractivity (Wildman–Crippen MR) is 89.8 cm³/mol. The second-order valence-corrected chi connectivity index (χ2v) is 6.00. The number of benzene rings is 1. The molecule has 140 valence electrons. The van der Waals surface area contributed by atoms with Crippen molar-refractivity contribution >= 4 is 11.8 Å². The number of rotatable bonds is 5. The molecule has 9 nitrogen and oxygen atoms in total. The van der Waals surface area contributed by atoms with Crippen LogP contribution in [0.4, 0.5) is 4.79 Å². The Morgan fingerprint density at radius 1 is 1.50 bits per heavy atom. The van der Waals surface area contributed by atoms with Gasteiger partial charge in [-0.05, 0) is 6.08 Å².